The van der Waals surface area contributed by atoms with Crippen LogP contribution < -0.4 is 4.74 Å². The number of aliphatic carboxylic acids is 1. The highest BCUT2D eigenvalue weighted by Gasteiger charge is 2.44. The highest BCUT2D eigenvalue weighted by molar-refractivity contribution is 6.33. The second kappa shape index (κ2) is 4.81. The molecule has 4 heteroatoms. The van der Waals surface area contributed by atoms with E-state index in [-0.39, 0.29) is 0 Å². The lowest BCUT2D eigenvalue weighted by Gasteiger charge is -2.26. The smallest absolute Gasteiger partial charge is 0.314 e. The summed E-state index contributed by atoms with van der Waals surface area (Å²) < 4.78 is 5.28. The topological polar surface area (TPSA) is 46.5 Å². The minimum atomic E-state index is -0.835. The van der Waals surface area contributed by atoms with Gasteiger partial charge in [-0.1, -0.05) is 36.6 Å². The van der Waals surface area contributed by atoms with Crippen LogP contribution in [-0.2, 0) is 10.2 Å². The van der Waals surface area contributed by atoms with Gasteiger partial charge < -0.3 is 9.84 Å². The molecule has 0 saturated heterocycles. The van der Waals surface area contributed by atoms with Crippen molar-refractivity contribution in [2.75, 3.05) is 7.11 Å². The standard InChI is InChI=1S/C14H17ClO3/c1-9-5-6-10(11(15)12(9)18-2)14(13(16)17)7-3-4-8-14/h5-6H,3-4,7-8H2,1-2H3,(H,16,17). The maximum absolute atomic E-state index is 11.7. The number of methoxy groups -OCH3 is 1. The Morgan fingerprint density at radius 1 is 1.39 bits per heavy atom. The largest absolute Gasteiger partial charge is 0.495 e. The molecule has 0 heterocycles. The van der Waals surface area contributed by atoms with Gasteiger partial charge in [-0.3, -0.25) is 4.79 Å². The van der Waals surface area contributed by atoms with Crippen LogP contribution >= 0.6 is 11.6 Å². The van der Waals surface area contributed by atoms with Crippen molar-refractivity contribution >= 4 is 17.6 Å². The van der Waals surface area contributed by atoms with Crippen LogP contribution in [-0.4, -0.2) is 18.2 Å². The van der Waals surface area contributed by atoms with E-state index in [4.69, 9.17) is 16.3 Å². The predicted molar refractivity (Wildman–Crippen MR) is 70.5 cm³/mol. The van der Waals surface area contributed by atoms with Gasteiger partial charge in [0.15, 0.2) is 0 Å². The van der Waals surface area contributed by atoms with E-state index in [1.807, 2.05) is 19.1 Å². The van der Waals surface area contributed by atoms with Gasteiger partial charge in [0.05, 0.1) is 17.5 Å². The van der Waals surface area contributed by atoms with Gasteiger partial charge in [-0.05, 0) is 30.9 Å². The van der Waals surface area contributed by atoms with Crippen molar-refractivity contribution in [3.63, 3.8) is 0 Å². The summed E-state index contributed by atoms with van der Waals surface area (Å²) in [7, 11) is 1.56. The first-order valence-electron chi connectivity index (χ1n) is 6.10. The van der Waals surface area contributed by atoms with Gasteiger partial charge in [-0.2, -0.15) is 0 Å². The molecular weight excluding hydrogens is 252 g/mol. The van der Waals surface area contributed by atoms with Gasteiger partial charge in [0.1, 0.15) is 5.75 Å². The van der Waals surface area contributed by atoms with Gasteiger partial charge >= 0.3 is 5.97 Å². The molecule has 0 atom stereocenters. The highest BCUT2D eigenvalue weighted by Crippen LogP contribution is 2.47. The third-order valence-corrected chi connectivity index (χ3v) is 4.26. The number of halogens is 1. The molecule has 3 nitrogen and oxygen atoms in total. The van der Waals surface area contributed by atoms with E-state index in [0.29, 0.717) is 29.2 Å². The second-order valence-corrected chi connectivity index (χ2v) is 5.25. The van der Waals surface area contributed by atoms with Crippen molar-refractivity contribution in [1.29, 1.82) is 0 Å². The zero-order chi connectivity index (χ0) is 13.3. The molecule has 1 fully saturated rings. The van der Waals surface area contributed by atoms with Crippen LogP contribution in [0.3, 0.4) is 0 Å². The first kappa shape index (κ1) is 13.2. The molecule has 18 heavy (non-hydrogen) atoms. The summed E-state index contributed by atoms with van der Waals surface area (Å²) in [6.45, 7) is 1.90. The van der Waals surface area contributed by atoms with Crippen LogP contribution in [0.15, 0.2) is 12.1 Å². The molecule has 0 unspecified atom stereocenters. The molecule has 1 aliphatic carbocycles. The fourth-order valence-corrected chi connectivity index (χ4v) is 3.32. The molecule has 0 amide bonds. The monoisotopic (exact) mass is 268 g/mol. The summed E-state index contributed by atoms with van der Waals surface area (Å²) >= 11 is 6.34. The van der Waals surface area contributed by atoms with E-state index in [0.717, 1.165) is 18.4 Å². The molecule has 0 bridgehead atoms. The number of rotatable bonds is 3. The first-order chi connectivity index (χ1) is 8.53. The normalized spacial score (nSPS) is 17.7. The maximum Gasteiger partial charge on any atom is 0.314 e. The first-order valence-corrected chi connectivity index (χ1v) is 6.47. The van der Waals surface area contributed by atoms with E-state index in [9.17, 15) is 9.90 Å². The summed E-state index contributed by atoms with van der Waals surface area (Å²) in [4.78, 5) is 11.7. The van der Waals surface area contributed by atoms with Crippen molar-refractivity contribution in [2.24, 2.45) is 0 Å². The summed E-state index contributed by atoms with van der Waals surface area (Å²) in [5.41, 5.74) is 0.777. The molecule has 1 aromatic rings. The summed E-state index contributed by atoms with van der Waals surface area (Å²) in [5.74, 6) is -0.200. The Morgan fingerprint density at radius 3 is 2.50 bits per heavy atom. The fraction of sp³-hybridized carbons (Fsp3) is 0.500. The third-order valence-electron chi connectivity index (χ3n) is 3.88. The van der Waals surface area contributed by atoms with E-state index < -0.39 is 11.4 Å². The molecule has 1 saturated carbocycles. The Labute approximate surface area is 112 Å². The zero-order valence-electron chi connectivity index (χ0n) is 10.6. The fourth-order valence-electron chi connectivity index (χ4n) is 2.85. The Kier molecular flexibility index (Phi) is 3.53. The Morgan fingerprint density at radius 2 is 2.00 bits per heavy atom. The average Bonchev–Trinajstić information content (AvgIpc) is 2.80. The Hall–Kier alpha value is -1.22. The minimum Gasteiger partial charge on any atom is -0.495 e. The lowest BCUT2D eigenvalue weighted by atomic mass is 9.78. The van der Waals surface area contributed by atoms with E-state index in [1.54, 1.807) is 7.11 Å². The quantitative estimate of drug-likeness (QED) is 0.912. The third kappa shape index (κ3) is 1.87. The number of ether oxygens (including phenoxy) is 1. The van der Waals surface area contributed by atoms with Crippen molar-refractivity contribution in [3.05, 3.63) is 28.3 Å². The van der Waals surface area contributed by atoms with Crippen LogP contribution in [0.2, 0.25) is 5.02 Å². The summed E-state index contributed by atoms with van der Waals surface area (Å²) in [5, 5.41) is 10.0. The van der Waals surface area contributed by atoms with Crippen LogP contribution in [0.5, 0.6) is 5.75 Å². The zero-order valence-corrected chi connectivity index (χ0v) is 11.4. The lowest BCUT2D eigenvalue weighted by molar-refractivity contribution is -0.143. The SMILES string of the molecule is COc1c(C)ccc(C2(C(=O)O)CCCC2)c1Cl. The van der Waals surface area contributed by atoms with Gasteiger partial charge in [-0.15, -0.1) is 0 Å². The van der Waals surface area contributed by atoms with E-state index in [2.05, 4.69) is 0 Å². The second-order valence-electron chi connectivity index (χ2n) is 4.87. The molecule has 1 aliphatic rings. The number of aryl methyl sites for hydroxylation is 1. The van der Waals surface area contributed by atoms with Crippen molar-refractivity contribution in [1.82, 2.24) is 0 Å². The van der Waals surface area contributed by atoms with Gasteiger partial charge in [0, 0.05) is 0 Å². The van der Waals surface area contributed by atoms with Crippen molar-refractivity contribution in [2.45, 2.75) is 38.0 Å². The molecular formula is C14H17ClO3. The van der Waals surface area contributed by atoms with Crippen LogP contribution in [0.1, 0.15) is 36.8 Å². The molecule has 98 valence electrons. The highest BCUT2D eigenvalue weighted by atomic mass is 35.5. The molecule has 0 radical (unpaired) electrons. The maximum atomic E-state index is 11.7. The summed E-state index contributed by atoms with van der Waals surface area (Å²) in [6, 6.07) is 3.71. The number of hydrogen-bond donors (Lipinski definition) is 1. The number of carboxylic acid groups (broad SMARTS) is 1. The predicted octanol–water partition coefficient (Wildman–Crippen LogP) is 3.55. The molecule has 1 N–H and O–H groups in total. The number of hydrogen-bond acceptors (Lipinski definition) is 2. The van der Waals surface area contributed by atoms with Crippen molar-refractivity contribution < 1.29 is 14.6 Å². The molecule has 0 aliphatic heterocycles. The van der Waals surface area contributed by atoms with Gasteiger partial charge in [0.2, 0.25) is 0 Å². The van der Waals surface area contributed by atoms with Gasteiger partial charge in [-0.25, -0.2) is 0 Å². The molecule has 2 rings (SSSR count). The Balaban J connectivity index is 2.59. The summed E-state index contributed by atoms with van der Waals surface area (Å²) in [6.07, 6.45) is 3.15. The Bertz CT molecular complexity index is 476. The van der Waals surface area contributed by atoms with Crippen LogP contribution in [0.4, 0.5) is 0 Å². The van der Waals surface area contributed by atoms with Crippen LogP contribution in [0.25, 0.3) is 0 Å². The number of carbonyl (C=O) groups is 1. The van der Waals surface area contributed by atoms with Crippen molar-refractivity contribution in [3.8, 4) is 5.75 Å². The van der Waals surface area contributed by atoms with E-state index in [1.165, 1.54) is 0 Å². The van der Waals surface area contributed by atoms with Crippen LogP contribution in [0, 0.1) is 6.92 Å². The van der Waals surface area contributed by atoms with Gasteiger partial charge in [0.25, 0.3) is 0 Å². The number of benzene rings is 1. The lowest BCUT2D eigenvalue weighted by Crippen LogP contribution is -2.33. The molecule has 0 spiro atoms. The average molecular weight is 269 g/mol. The number of carboxylic acids is 1. The minimum absolute atomic E-state index is 0.446. The molecule has 1 aromatic carbocycles. The molecule has 0 aromatic heterocycles. The van der Waals surface area contributed by atoms with E-state index >= 15 is 0 Å².